The molecule has 0 aromatic rings. The van der Waals surface area contributed by atoms with Gasteiger partial charge in [0.05, 0.1) is 13.2 Å². The lowest BCUT2D eigenvalue weighted by Gasteiger charge is -2.15. The standard InChI is InChI=1S/C14H24N2O5/c1-2-21-14(20)4-3-6-15-12(17)10-16-7-5-11(9-16)8-13(18)19/h11H,2-10H2,1H3,(H,15,17)(H,18,19). The molecule has 1 fully saturated rings. The van der Waals surface area contributed by atoms with Crippen molar-refractivity contribution in [3.05, 3.63) is 0 Å². The van der Waals surface area contributed by atoms with Gasteiger partial charge in [0.1, 0.15) is 0 Å². The Kier molecular flexibility index (Phi) is 7.74. The second-order valence-corrected chi connectivity index (χ2v) is 5.25. The van der Waals surface area contributed by atoms with E-state index in [-0.39, 0.29) is 30.8 Å². The van der Waals surface area contributed by atoms with Crippen LogP contribution in [-0.4, -0.2) is 60.6 Å². The van der Waals surface area contributed by atoms with Crippen LogP contribution in [0.1, 0.15) is 32.6 Å². The van der Waals surface area contributed by atoms with Crippen LogP contribution in [0.5, 0.6) is 0 Å². The van der Waals surface area contributed by atoms with Crippen molar-refractivity contribution in [2.75, 3.05) is 32.8 Å². The monoisotopic (exact) mass is 300 g/mol. The Morgan fingerprint density at radius 1 is 1.38 bits per heavy atom. The molecule has 0 aromatic heterocycles. The van der Waals surface area contributed by atoms with E-state index in [1.165, 1.54) is 0 Å². The molecule has 2 N–H and O–H groups in total. The van der Waals surface area contributed by atoms with Crippen LogP contribution in [0.4, 0.5) is 0 Å². The van der Waals surface area contributed by atoms with Gasteiger partial charge in [-0.05, 0) is 32.2 Å². The zero-order valence-corrected chi connectivity index (χ0v) is 12.5. The first kappa shape index (κ1) is 17.4. The molecule has 1 heterocycles. The maximum atomic E-state index is 11.7. The number of esters is 1. The molecule has 0 bridgehead atoms. The van der Waals surface area contributed by atoms with E-state index in [4.69, 9.17) is 9.84 Å². The van der Waals surface area contributed by atoms with Crippen molar-refractivity contribution in [2.24, 2.45) is 5.92 Å². The van der Waals surface area contributed by atoms with E-state index in [0.29, 0.717) is 32.5 Å². The number of carbonyl (C=O) groups is 3. The van der Waals surface area contributed by atoms with Crippen molar-refractivity contribution in [1.29, 1.82) is 0 Å². The Morgan fingerprint density at radius 2 is 2.14 bits per heavy atom. The number of hydrogen-bond acceptors (Lipinski definition) is 5. The average Bonchev–Trinajstić information content (AvgIpc) is 2.81. The molecule has 1 aliphatic rings. The van der Waals surface area contributed by atoms with Gasteiger partial charge < -0.3 is 15.2 Å². The summed E-state index contributed by atoms with van der Waals surface area (Å²) in [7, 11) is 0. The number of amides is 1. The first-order chi connectivity index (χ1) is 10.0. The van der Waals surface area contributed by atoms with Gasteiger partial charge in [-0.2, -0.15) is 0 Å². The number of ether oxygens (including phenoxy) is 1. The fourth-order valence-electron chi connectivity index (χ4n) is 2.42. The summed E-state index contributed by atoms with van der Waals surface area (Å²) in [5.41, 5.74) is 0. The number of carboxylic acid groups (broad SMARTS) is 1. The van der Waals surface area contributed by atoms with Crippen molar-refractivity contribution >= 4 is 17.8 Å². The Hall–Kier alpha value is -1.63. The maximum absolute atomic E-state index is 11.7. The molecule has 1 unspecified atom stereocenters. The average molecular weight is 300 g/mol. The summed E-state index contributed by atoms with van der Waals surface area (Å²) >= 11 is 0. The summed E-state index contributed by atoms with van der Waals surface area (Å²) in [6.07, 6.45) is 1.85. The first-order valence-electron chi connectivity index (χ1n) is 7.37. The van der Waals surface area contributed by atoms with Crippen LogP contribution >= 0.6 is 0 Å². The molecular weight excluding hydrogens is 276 g/mol. The number of carbonyl (C=O) groups excluding carboxylic acids is 2. The molecule has 120 valence electrons. The van der Waals surface area contributed by atoms with Crippen molar-refractivity contribution < 1.29 is 24.2 Å². The zero-order chi connectivity index (χ0) is 15.7. The van der Waals surface area contributed by atoms with Crippen LogP contribution in [0.25, 0.3) is 0 Å². The molecule has 1 rings (SSSR count). The van der Waals surface area contributed by atoms with Crippen LogP contribution in [0, 0.1) is 5.92 Å². The van der Waals surface area contributed by atoms with Crippen LogP contribution in [0.15, 0.2) is 0 Å². The molecule has 21 heavy (non-hydrogen) atoms. The van der Waals surface area contributed by atoms with Crippen molar-refractivity contribution in [3.63, 3.8) is 0 Å². The quantitative estimate of drug-likeness (QED) is 0.468. The van der Waals surface area contributed by atoms with Gasteiger partial charge in [-0.3, -0.25) is 19.3 Å². The Balaban J connectivity index is 2.09. The molecule has 7 heteroatoms. The Morgan fingerprint density at radius 3 is 2.81 bits per heavy atom. The van der Waals surface area contributed by atoms with Gasteiger partial charge in [-0.25, -0.2) is 0 Å². The third-order valence-corrected chi connectivity index (χ3v) is 3.39. The highest BCUT2D eigenvalue weighted by Gasteiger charge is 2.25. The van der Waals surface area contributed by atoms with Gasteiger partial charge in [-0.1, -0.05) is 0 Å². The third kappa shape index (κ3) is 7.65. The number of nitrogens with zero attached hydrogens (tertiary/aromatic N) is 1. The van der Waals surface area contributed by atoms with Crippen molar-refractivity contribution in [3.8, 4) is 0 Å². The Bertz CT molecular complexity index is 372. The number of rotatable bonds is 9. The second-order valence-electron chi connectivity index (χ2n) is 5.25. The summed E-state index contributed by atoms with van der Waals surface area (Å²) in [5, 5.41) is 11.5. The summed E-state index contributed by atoms with van der Waals surface area (Å²) in [6.45, 7) is 4.28. The summed E-state index contributed by atoms with van der Waals surface area (Å²) < 4.78 is 4.79. The fraction of sp³-hybridized carbons (Fsp3) is 0.786. The highest BCUT2D eigenvalue weighted by molar-refractivity contribution is 5.78. The summed E-state index contributed by atoms with van der Waals surface area (Å²) in [5.74, 6) is -0.984. The first-order valence-corrected chi connectivity index (χ1v) is 7.37. The highest BCUT2D eigenvalue weighted by atomic mass is 16.5. The lowest BCUT2D eigenvalue weighted by molar-refractivity contribution is -0.143. The van der Waals surface area contributed by atoms with E-state index >= 15 is 0 Å². The van der Waals surface area contributed by atoms with Crippen LogP contribution in [0.3, 0.4) is 0 Å². The van der Waals surface area contributed by atoms with Crippen LogP contribution < -0.4 is 5.32 Å². The van der Waals surface area contributed by atoms with Crippen LogP contribution in [-0.2, 0) is 19.1 Å². The topological polar surface area (TPSA) is 95.9 Å². The van der Waals surface area contributed by atoms with E-state index in [9.17, 15) is 14.4 Å². The molecule has 1 saturated heterocycles. The molecular formula is C14H24N2O5. The number of likely N-dealkylation sites (tertiary alicyclic amines) is 1. The molecule has 1 aliphatic heterocycles. The highest BCUT2D eigenvalue weighted by Crippen LogP contribution is 2.18. The van der Waals surface area contributed by atoms with Crippen molar-refractivity contribution in [1.82, 2.24) is 10.2 Å². The largest absolute Gasteiger partial charge is 0.481 e. The molecule has 0 saturated carbocycles. The van der Waals surface area contributed by atoms with Crippen LogP contribution in [0.2, 0.25) is 0 Å². The third-order valence-electron chi connectivity index (χ3n) is 3.39. The van der Waals surface area contributed by atoms with E-state index < -0.39 is 5.97 Å². The zero-order valence-electron chi connectivity index (χ0n) is 12.5. The minimum absolute atomic E-state index is 0.0881. The van der Waals surface area contributed by atoms with Gasteiger partial charge in [0.15, 0.2) is 0 Å². The van der Waals surface area contributed by atoms with Gasteiger partial charge in [0, 0.05) is 25.9 Å². The molecule has 7 nitrogen and oxygen atoms in total. The van der Waals surface area contributed by atoms with Gasteiger partial charge in [-0.15, -0.1) is 0 Å². The molecule has 0 spiro atoms. The molecule has 0 radical (unpaired) electrons. The number of carboxylic acids is 1. The number of hydrogen-bond donors (Lipinski definition) is 2. The molecule has 0 aromatic carbocycles. The molecule has 0 aliphatic carbocycles. The van der Waals surface area contributed by atoms with E-state index in [1.54, 1.807) is 6.92 Å². The second kappa shape index (κ2) is 9.33. The van der Waals surface area contributed by atoms with Gasteiger partial charge in [0.2, 0.25) is 5.91 Å². The predicted molar refractivity (Wildman–Crippen MR) is 75.7 cm³/mol. The predicted octanol–water partition coefficient (Wildman–Crippen LogP) is 0.243. The minimum atomic E-state index is -0.787. The minimum Gasteiger partial charge on any atom is -0.481 e. The Labute approximate surface area is 124 Å². The molecule has 1 amide bonds. The van der Waals surface area contributed by atoms with E-state index in [1.807, 2.05) is 4.90 Å². The number of nitrogens with one attached hydrogen (secondary N) is 1. The lowest BCUT2D eigenvalue weighted by Crippen LogP contribution is -2.36. The van der Waals surface area contributed by atoms with Crippen molar-refractivity contribution in [2.45, 2.75) is 32.6 Å². The summed E-state index contributed by atoms with van der Waals surface area (Å²) in [6, 6.07) is 0. The number of aliphatic carboxylic acids is 1. The fourth-order valence-corrected chi connectivity index (χ4v) is 2.42. The van der Waals surface area contributed by atoms with E-state index in [0.717, 1.165) is 13.0 Å². The SMILES string of the molecule is CCOC(=O)CCCNC(=O)CN1CCC(CC(=O)O)C1. The lowest BCUT2D eigenvalue weighted by atomic mass is 10.1. The van der Waals surface area contributed by atoms with E-state index in [2.05, 4.69) is 5.32 Å². The molecule has 1 atom stereocenters. The smallest absolute Gasteiger partial charge is 0.305 e. The maximum Gasteiger partial charge on any atom is 0.305 e. The van der Waals surface area contributed by atoms with Gasteiger partial charge >= 0.3 is 11.9 Å². The normalized spacial score (nSPS) is 18.4. The van der Waals surface area contributed by atoms with Gasteiger partial charge in [0.25, 0.3) is 0 Å². The summed E-state index contributed by atoms with van der Waals surface area (Å²) in [4.78, 5) is 35.4.